The van der Waals surface area contributed by atoms with E-state index in [1.807, 2.05) is 12.1 Å². The van der Waals surface area contributed by atoms with Crippen LogP contribution >= 0.6 is 0 Å². The maximum Gasteiger partial charge on any atom is 0.256 e. The minimum Gasteiger partial charge on any atom is -0.337 e. The number of benzene rings is 1. The molecular weight excluding hydrogens is 228 g/mol. The van der Waals surface area contributed by atoms with Crippen molar-refractivity contribution in [2.45, 2.75) is 12.5 Å². The normalized spacial score (nSPS) is 19.4. The molecule has 1 atom stereocenters. The van der Waals surface area contributed by atoms with Gasteiger partial charge in [-0.2, -0.15) is 0 Å². The van der Waals surface area contributed by atoms with Crippen molar-refractivity contribution < 1.29 is 4.79 Å². The van der Waals surface area contributed by atoms with Gasteiger partial charge in [0.05, 0.1) is 11.1 Å². The zero-order valence-electron chi connectivity index (χ0n) is 9.91. The number of hydrogen-bond acceptors (Lipinski definition) is 4. The monoisotopic (exact) mass is 242 g/mol. The molecule has 1 aromatic heterocycles. The molecular formula is C13H14N4O. The van der Waals surface area contributed by atoms with E-state index in [0.717, 1.165) is 18.5 Å². The van der Waals surface area contributed by atoms with Gasteiger partial charge in [-0.15, -0.1) is 0 Å². The largest absolute Gasteiger partial charge is 0.337 e. The molecule has 0 aliphatic carbocycles. The Morgan fingerprint density at radius 3 is 2.94 bits per heavy atom. The molecule has 0 spiro atoms. The highest BCUT2D eigenvalue weighted by Crippen LogP contribution is 2.18. The summed E-state index contributed by atoms with van der Waals surface area (Å²) in [6, 6.07) is 5.58. The van der Waals surface area contributed by atoms with E-state index in [4.69, 9.17) is 5.73 Å². The minimum absolute atomic E-state index is 0.00551. The fourth-order valence-electron chi connectivity index (χ4n) is 2.31. The lowest BCUT2D eigenvalue weighted by molar-refractivity contribution is 0.0792. The molecule has 1 aromatic carbocycles. The van der Waals surface area contributed by atoms with Gasteiger partial charge in [-0.05, 0) is 18.6 Å². The summed E-state index contributed by atoms with van der Waals surface area (Å²) in [5, 5.41) is 0. The van der Waals surface area contributed by atoms with E-state index in [9.17, 15) is 4.79 Å². The van der Waals surface area contributed by atoms with Crippen LogP contribution in [0, 0.1) is 0 Å². The van der Waals surface area contributed by atoms with Gasteiger partial charge in [-0.25, -0.2) is 0 Å². The predicted octanol–water partition coefficient (Wildman–Crippen LogP) is 0.803. The Hall–Kier alpha value is -2.01. The Labute approximate surface area is 105 Å². The Kier molecular flexibility index (Phi) is 2.68. The quantitative estimate of drug-likeness (QED) is 0.803. The third-order valence-corrected chi connectivity index (χ3v) is 3.24. The second-order valence-corrected chi connectivity index (χ2v) is 4.53. The molecule has 3 rings (SSSR count). The second kappa shape index (κ2) is 4.34. The number of amides is 1. The van der Waals surface area contributed by atoms with E-state index in [-0.39, 0.29) is 11.9 Å². The average molecular weight is 242 g/mol. The van der Waals surface area contributed by atoms with Crippen LogP contribution in [0.25, 0.3) is 11.0 Å². The molecule has 0 bridgehead atoms. The molecule has 0 saturated carbocycles. The van der Waals surface area contributed by atoms with Crippen LogP contribution in [0.2, 0.25) is 0 Å². The van der Waals surface area contributed by atoms with Crippen molar-refractivity contribution in [2.24, 2.45) is 5.73 Å². The molecule has 18 heavy (non-hydrogen) atoms. The van der Waals surface area contributed by atoms with E-state index < -0.39 is 0 Å². The zero-order valence-corrected chi connectivity index (χ0v) is 9.91. The van der Waals surface area contributed by atoms with E-state index in [0.29, 0.717) is 17.6 Å². The molecule has 1 aliphatic heterocycles. The summed E-state index contributed by atoms with van der Waals surface area (Å²) in [5.41, 5.74) is 7.84. The first-order chi connectivity index (χ1) is 8.75. The number of carbonyl (C=O) groups excluding carboxylic acids is 1. The molecule has 1 amide bonds. The topological polar surface area (TPSA) is 72.1 Å². The van der Waals surface area contributed by atoms with Gasteiger partial charge in [0.15, 0.2) is 0 Å². The van der Waals surface area contributed by atoms with Gasteiger partial charge in [-0.1, -0.05) is 6.07 Å². The SMILES string of the molecule is N[C@@H]1CCN(C(=O)c2cccc3nccnc23)C1. The van der Waals surface area contributed by atoms with Crippen LogP contribution in [0.5, 0.6) is 0 Å². The highest BCUT2D eigenvalue weighted by atomic mass is 16.2. The first-order valence-corrected chi connectivity index (χ1v) is 6.00. The van der Waals surface area contributed by atoms with Crippen LogP contribution in [0.15, 0.2) is 30.6 Å². The lowest BCUT2D eigenvalue weighted by Gasteiger charge is -2.16. The molecule has 0 radical (unpaired) electrons. The van der Waals surface area contributed by atoms with Crippen molar-refractivity contribution in [1.82, 2.24) is 14.9 Å². The number of carbonyl (C=O) groups is 1. The van der Waals surface area contributed by atoms with Crippen molar-refractivity contribution in [3.63, 3.8) is 0 Å². The van der Waals surface area contributed by atoms with Gasteiger partial charge in [0.1, 0.15) is 5.52 Å². The fraction of sp³-hybridized carbons (Fsp3) is 0.308. The Bertz CT molecular complexity index is 593. The van der Waals surface area contributed by atoms with Crippen LogP contribution in [0.3, 0.4) is 0 Å². The molecule has 1 aliphatic rings. The van der Waals surface area contributed by atoms with Gasteiger partial charge >= 0.3 is 0 Å². The summed E-state index contributed by atoms with van der Waals surface area (Å²) in [6.07, 6.45) is 4.10. The van der Waals surface area contributed by atoms with E-state index in [1.54, 1.807) is 23.4 Å². The molecule has 1 saturated heterocycles. The highest BCUT2D eigenvalue weighted by molar-refractivity contribution is 6.04. The van der Waals surface area contributed by atoms with E-state index in [2.05, 4.69) is 9.97 Å². The Balaban J connectivity index is 2.01. The first-order valence-electron chi connectivity index (χ1n) is 6.00. The summed E-state index contributed by atoms with van der Waals surface area (Å²) < 4.78 is 0. The van der Waals surface area contributed by atoms with Crippen molar-refractivity contribution in [3.8, 4) is 0 Å². The van der Waals surface area contributed by atoms with Crippen molar-refractivity contribution >= 4 is 16.9 Å². The maximum absolute atomic E-state index is 12.4. The highest BCUT2D eigenvalue weighted by Gasteiger charge is 2.25. The molecule has 5 nitrogen and oxygen atoms in total. The Morgan fingerprint density at radius 2 is 2.17 bits per heavy atom. The third kappa shape index (κ3) is 1.82. The molecule has 2 heterocycles. The van der Waals surface area contributed by atoms with E-state index >= 15 is 0 Å². The number of aromatic nitrogens is 2. The summed E-state index contributed by atoms with van der Waals surface area (Å²) in [4.78, 5) is 22.7. The van der Waals surface area contributed by atoms with Crippen molar-refractivity contribution in [1.29, 1.82) is 0 Å². The van der Waals surface area contributed by atoms with E-state index in [1.165, 1.54) is 0 Å². The van der Waals surface area contributed by atoms with Crippen molar-refractivity contribution in [3.05, 3.63) is 36.2 Å². The Morgan fingerprint density at radius 1 is 1.33 bits per heavy atom. The first kappa shape index (κ1) is 11.1. The van der Waals surface area contributed by atoms with Gasteiger partial charge in [0.2, 0.25) is 0 Å². The number of fused-ring (bicyclic) bond motifs is 1. The average Bonchev–Trinajstić information content (AvgIpc) is 2.84. The molecule has 1 fully saturated rings. The number of nitrogens with two attached hydrogens (primary N) is 1. The summed E-state index contributed by atoms with van der Waals surface area (Å²) in [7, 11) is 0. The summed E-state index contributed by atoms with van der Waals surface area (Å²) in [5.74, 6) is -0.00551. The minimum atomic E-state index is -0.00551. The van der Waals surface area contributed by atoms with Crippen LogP contribution < -0.4 is 5.73 Å². The van der Waals surface area contributed by atoms with Gasteiger partial charge < -0.3 is 10.6 Å². The second-order valence-electron chi connectivity index (χ2n) is 4.53. The van der Waals surface area contributed by atoms with Gasteiger partial charge in [0, 0.05) is 31.5 Å². The standard InChI is InChI=1S/C13H14N4O/c14-9-4-7-17(8-9)13(18)10-2-1-3-11-12(10)16-6-5-15-11/h1-3,5-6,9H,4,7-8,14H2/t9-/m1/s1. The number of hydrogen-bond donors (Lipinski definition) is 1. The number of likely N-dealkylation sites (tertiary alicyclic amines) is 1. The molecule has 2 aromatic rings. The van der Waals surface area contributed by atoms with Gasteiger partial charge in [0.25, 0.3) is 5.91 Å². The predicted molar refractivity (Wildman–Crippen MR) is 68.0 cm³/mol. The summed E-state index contributed by atoms with van der Waals surface area (Å²) in [6.45, 7) is 1.34. The molecule has 2 N–H and O–H groups in total. The zero-order chi connectivity index (χ0) is 12.5. The number of para-hydroxylation sites is 1. The summed E-state index contributed by atoms with van der Waals surface area (Å²) >= 11 is 0. The fourth-order valence-corrected chi connectivity index (χ4v) is 2.31. The number of rotatable bonds is 1. The van der Waals surface area contributed by atoms with Crippen molar-refractivity contribution in [2.75, 3.05) is 13.1 Å². The van der Waals surface area contributed by atoms with Crippen LogP contribution in [-0.2, 0) is 0 Å². The smallest absolute Gasteiger partial charge is 0.256 e. The number of nitrogens with zero attached hydrogens (tertiary/aromatic N) is 3. The lowest BCUT2D eigenvalue weighted by atomic mass is 10.1. The third-order valence-electron chi connectivity index (χ3n) is 3.24. The molecule has 92 valence electrons. The van der Waals surface area contributed by atoms with Crippen LogP contribution in [0.4, 0.5) is 0 Å². The molecule has 0 unspecified atom stereocenters. The maximum atomic E-state index is 12.4. The molecule has 5 heteroatoms. The lowest BCUT2D eigenvalue weighted by Crippen LogP contribution is -2.32. The van der Waals surface area contributed by atoms with Crippen LogP contribution in [-0.4, -0.2) is 39.9 Å². The van der Waals surface area contributed by atoms with Crippen LogP contribution in [0.1, 0.15) is 16.8 Å². The van der Waals surface area contributed by atoms with Gasteiger partial charge in [-0.3, -0.25) is 14.8 Å².